The molecule has 1 aromatic heterocycles. The van der Waals surface area contributed by atoms with E-state index in [1.807, 2.05) is 0 Å². The van der Waals surface area contributed by atoms with E-state index in [2.05, 4.69) is 9.97 Å². The van der Waals surface area contributed by atoms with E-state index in [0.717, 1.165) is 12.3 Å². The summed E-state index contributed by atoms with van der Waals surface area (Å²) in [5.74, 6) is -1.86. The van der Waals surface area contributed by atoms with Gasteiger partial charge in [0.25, 0.3) is 0 Å². The van der Waals surface area contributed by atoms with Crippen LogP contribution in [0.1, 0.15) is 10.5 Å². The van der Waals surface area contributed by atoms with Gasteiger partial charge in [-0.05, 0) is 6.07 Å². The zero-order valence-corrected chi connectivity index (χ0v) is 7.99. The quantitative estimate of drug-likeness (QED) is 0.809. The molecule has 0 aliphatic rings. The number of aromatic carboxylic acids is 1. The van der Waals surface area contributed by atoms with Gasteiger partial charge in [-0.2, -0.15) is 0 Å². The van der Waals surface area contributed by atoms with Gasteiger partial charge in [0.15, 0.2) is 5.69 Å². The molecule has 4 nitrogen and oxygen atoms in total. The molecule has 0 spiro atoms. The normalized spacial score (nSPS) is 10.5. The third kappa shape index (κ3) is 1.73. The SMILES string of the molecule is O=C(O)c1cnc2cc(Cl)c(F)cc2n1. The van der Waals surface area contributed by atoms with Crippen LogP contribution < -0.4 is 0 Å². The smallest absolute Gasteiger partial charge is 0.356 e. The van der Waals surface area contributed by atoms with Crippen LogP contribution in [0.15, 0.2) is 18.3 Å². The second kappa shape index (κ2) is 3.43. The second-order valence-corrected chi connectivity index (χ2v) is 3.22. The Labute approximate surface area is 88.3 Å². The minimum Gasteiger partial charge on any atom is -0.476 e. The van der Waals surface area contributed by atoms with Crippen LogP contribution in [0.25, 0.3) is 11.0 Å². The highest BCUT2D eigenvalue weighted by molar-refractivity contribution is 6.31. The van der Waals surface area contributed by atoms with Crippen LogP contribution in [0.3, 0.4) is 0 Å². The van der Waals surface area contributed by atoms with Crippen molar-refractivity contribution in [3.63, 3.8) is 0 Å². The Morgan fingerprint density at radius 1 is 1.40 bits per heavy atom. The highest BCUT2D eigenvalue weighted by Crippen LogP contribution is 2.20. The summed E-state index contributed by atoms with van der Waals surface area (Å²) in [6.07, 6.45) is 1.10. The molecule has 0 aliphatic heterocycles. The van der Waals surface area contributed by atoms with Gasteiger partial charge < -0.3 is 5.11 Å². The van der Waals surface area contributed by atoms with Crippen LogP contribution in [0.4, 0.5) is 4.39 Å². The Morgan fingerprint density at radius 3 is 2.80 bits per heavy atom. The number of aromatic nitrogens is 2. The van der Waals surface area contributed by atoms with Gasteiger partial charge in [-0.15, -0.1) is 0 Å². The minimum absolute atomic E-state index is 0.0696. The summed E-state index contributed by atoms with van der Waals surface area (Å²) in [6.45, 7) is 0. The summed E-state index contributed by atoms with van der Waals surface area (Å²) in [4.78, 5) is 18.1. The third-order valence-electron chi connectivity index (χ3n) is 1.80. The lowest BCUT2D eigenvalue weighted by Gasteiger charge is -1.99. The summed E-state index contributed by atoms with van der Waals surface area (Å²) in [6, 6.07) is 2.35. The van der Waals surface area contributed by atoms with Crippen LogP contribution in [0.2, 0.25) is 5.02 Å². The highest BCUT2D eigenvalue weighted by atomic mass is 35.5. The fourth-order valence-electron chi connectivity index (χ4n) is 1.11. The Morgan fingerprint density at radius 2 is 2.13 bits per heavy atom. The molecular formula is C9H4ClFN2O2. The number of fused-ring (bicyclic) bond motifs is 1. The molecule has 0 fully saturated rings. The lowest BCUT2D eigenvalue weighted by atomic mass is 10.3. The van der Waals surface area contributed by atoms with Gasteiger partial charge in [0.05, 0.1) is 22.3 Å². The maximum Gasteiger partial charge on any atom is 0.356 e. The molecule has 6 heteroatoms. The lowest BCUT2D eigenvalue weighted by Crippen LogP contribution is -2.01. The Bertz CT molecular complexity index is 559. The number of hydrogen-bond donors (Lipinski definition) is 1. The number of benzene rings is 1. The Kier molecular flexibility index (Phi) is 2.24. The molecule has 0 saturated heterocycles. The molecule has 0 radical (unpaired) electrons. The molecule has 0 unspecified atom stereocenters. The van der Waals surface area contributed by atoms with Crippen molar-refractivity contribution in [3.8, 4) is 0 Å². The van der Waals surface area contributed by atoms with Gasteiger partial charge in [0.1, 0.15) is 5.82 Å². The molecule has 76 valence electrons. The minimum atomic E-state index is -1.21. The van der Waals surface area contributed by atoms with E-state index in [1.165, 1.54) is 6.07 Å². The van der Waals surface area contributed by atoms with E-state index < -0.39 is 11.8 Å². The van der Waals surface area contributed by atoms with Crippen molar-refractivity contribution in [3.05, 3.63) is 34.9 Å². The maximum absolute atomic E-state index is 13.0. The van der Waals surface area contributed by atoms with Crippen LogP contribution in [0, 0.1) is 5.82 Å². The zero-order valence-electron chi connectivity index (χ0n) is 7.24. The average Bonchev–Trinajstić information content (AvgIpc) is 2.19. The predicted molar refractivity (Wildman–Crippen MR) is 51.5 cm³/mol. The van der Waals surface area contributed by atoms with Gasteiger partial charge in [-0.25, -0.2) is 14.2 Å². The van der Waals surface area contributed by atoms with Gasteiger partial charge in [0.2, 0.25) is 0 Å². The van der Waals surface area contributed by atoms with Crippen molar-refractivity contribution in [2.24, 2.45) is 0 Å². The number of rotatable bonds is 1. The summed E-state index contributed by atoms with van der Waals surface area (Å²) >= 11 is 5.53. The first kappa shape index (κ1) is 9.79. The molecule has 15 heavy (non-hydrogen) atoms. The zero-order chi connectivity index (χ0) is 11.0. The number of hydrogen-bond acceptors (Lipinski definition) is 3. The highest BCUT2D eigenvalue weighted by Gasteiger charge is 2.09. The number of carboxylic acids is 1. The third-order valence-corrected chi connectivity index (χ3v) is 2.09. The Balaban J connectivity index is 2.72. The largest absolute Gasteiger partial charge is 0.476 e. The molecule has 0 bridgehead atoms. The number of carboxylic acid groups (broad SMARTS) is 1. The van der Waals surface area contributed by atoms with Gasteiger partial charge in [0, 0.05) is 6.07 Å². The van der Waals surface area contributed by atoms with E-state index >= 15 is 0 Å². The van der Waals surface area contributed by atoms with E-state index in [4.69, 9.17) is 16.7 Å². The first-order valence-electron chi connectivity index (χ1n) is 3.93. The van der Waals surface area contributed by atoms with Crippen molar-refractivity contribution < 1.29 is 14.3 Å². The van der Waals surface area contributed by atoms with Gasteiger partial charge >= 0.3 is 5.97 Å². The molecular weight excluding hydrogens is 223 g/mol. The molecule has 1 N–H and O–H groups in total. The summed E-state index contributed by atoms with van der Waals surface area (Å²) in [5, 5.41) is 8.58. The molecule has 2 aromatic rings. The first-order valence-corrected chi connectivity index (χ1v) is 4.31. The molecule has 0 saturated carbocycles. The number of nitrogens with zero attached hydrogens (tertiary/aromatic N) is 2. The topological polar surface area (TPSA) is 63.1 Å². The first-order chi connectivity index (χ1) is 7.08. The molecule has 0 amide bonds. The second-order valence-electron chi connectivity index (χ2n) is 2.82. The van der Waals surface area contributed by atoms with Crippen LogP contribution in [-0.2, 0) is 0 Å². The maximum atomic E-state index is 13.0. The van der Waals surface area contributed by atoms with Crippen molar-refractivity contribution in [1.82, 2.24) is 9.97 Å². The van der Waals surface area contributed by atoms with Crippen molar-refractivity contribution in [2.75, 3.05) is 0 Å². The lowest BCUT2D eigenvalue weighted by molar-refractivity contribution is 0.0690. The van der Waals surface area contributed by atoms with Crippen LogP contribution in [-0.4, -0.2) is 21.0 Å². The average molecular weight is 227 g/mol. The monoisotopic (exact) mass is 226 g/mol. The summed E-state index contributed by atoms with van der Waals surface area (Å²) in [5.41, 5.74) is 0.285. The van der Waals surface area contributed by atoms with E-state index in [1.54, 1.807) is 0 Å². The van der Waals surface area contributed by atoms with Gasteiger partial charge in [-0.1, -0.05) is 11.6 Å². The fraction of sp³-hybridized carbons (Fsp3) is 0. The number of carbonyl (C=O) groups is 1. The van der Waals surface area contributed by atoms with Crippen molar-refractivity contribution >= 4 is 28.6 Å². The fourth-order valence-corrected chi connectivity index (χ4v) is 1.27. The van der Waals surface area contributed by atoms with E-state index in [9.17, 15) is 9.18 Å². The standard InChI is InChI=1S/C9H4ClFN2O2/c10-4-1-6-7(2-5(4)11)13-8(3-12-6)9(14)15/h1-3H,(H,14,15). The molecule has 0 aliphatic carbocycles. The Hall–Kier alpha value is -1.75. The summed E-state index contributed by atoms with van der Waals surface area (Å²) < 4.78 is 13.0. The van der Waals surface area contributed by atoms with Crippen molar-refractivity contribution in [2.45, 2.75) is 0 Å². The van der Waals surface area contributed by atoms with Gasteiger partial charge in [-0.3, -0.25) is 4.98 Å². The van der Waals surface area contributed by atoms with Crippen LogP contribution >= 0.6 is 11.6 Å². The van der Waals surface area contributed by atoms with Crippen LogP contribution in [0.5, 0.6) is 0 Å². The van der Waals surface area contributed by atoms with E-state index in [-0.39, 0.29) is 16.2 Å². The molecule has 1 aromatic carbocycles. The molecule has 2 rings (SSSR count). The van der Waals surface area contributed by atoms with Crippen molar-refractivity contribution in [1.29, 1.82) is 0 Å². The summed E-state index contributed by atoms with van der Waals surface area (Å²) in [7, 11) is 0. The molecule has 0 atom stereocenters. The van der Waals surface area contributed by atoms with E-state index in [0.29, 0.717) is 5.52 Å². The predicted octanol–water partition coefficient (Wildman–Crippen LogP) is 2.12. The number of halogens is 2. The molecule has 1 heterocycles.